The van der Waals surface area contributed by atoms with E-state index in [1.165, 1.54) is 23.4 Å². The zero-order chi connectivity index (χ0) is 28.0. The number of benzene rings is 2. The third-order valence-corrected chi connectivity index (χ3v) is 9.34. The smallest absolute Gasteiger partial charge is 0.209 e. The van der Waals surface area contributed by atoms with E-state index in [2.05, 4.69) is 76.3 Å². The van der Waals surface area contributed by atoms with Crippen molar-refractivity contribution in [2.24, 2.45) is 0 Å². The minimum atomic E-state index is -3.42. The summed E-state index contributed by atoms with van der Waals surface area (Å²) in [6, 6.07) is 14.6. The van der Waals surface area contributed by atoms with Gasteiger partial charge in [0.05, 0.1) is 23.2 Å². The monoisotopic (exact) mass is 668 g/mol. The number of sulfonamides is 1. The highest BCUT2D eigenvalue weighted by molar-refractivity contribution is 14.2. The SMILES string of the molecule is CN(C)C1=CC(c2ccc3[nH]nc(-c4cc5c(-c6cc(F)cc(CNS(C)(=O)=O)c6)nccc5[nH]4)c3c2)=CI=C1. The van der Waals surface area contributed by atoms with Crippen LogP contribution in [0.5, 0.6) is 0 Å². The molecule has 40 heavy (non-hydrogen) atoms. The minimum absolute atomic E-state index is 0.0127. The Morgan fingerprint density at radius 3 is 2.62 bits per heavy atom. The highest BCUT2D eigenvalue weighted by Gasteiger charge is 2.16. The molecule has 0 saturated carbocycles. The normalized spacial score (nSPS) is 13.8. The van der Waals surface area contributed by atoms with Crippen molar-refractivity contribution in [1.29, 1.82) is 0 Å². The third-order valence-electron chi connectivity index (χ3n) is 6.64. The molecule has 0 unspecified atom stereocenters. The second-order valence-corrected chi connectivity index (χ2v) is 13.6. The van der Waals surface area contributed by atoms with E-state index in [0.717, 1.165) is 45.0 Å². The van der Waals surface area contributed by atoms with Crippen molar-refractivity contribution in [3.8, 4) is 22.6 Å². The fourth-order valence-electron chi connectivity index (χ4n) is 4.67. The number of H-pyrrole nitrogens is 2. The van der Waals surface area contributed by atoms with Gasteiger partial charge in [-0.2, -0.15) is 5.10 Å². The molecule has 0 saturated heterocycles. The van der Waals surface area contributed by atoms with Crippen LogP contribution in [0.2, 0.25) is 0 Å². The van der Waals surface area contributed by atoms with Crippen LogP contribution in [0, 0.1) is 5.82 Å². The van der Waals surface area contributed by atoms with Crippen LogP contribution in [0.25, 0.3) is 50.0 Å². The van der Waals surface area contributed by atoms with Gasteiger partial charge in [0.2, 0.25) is 10.0 Å². The van der Waals surface area contributed by atoms with Gasteiger partial charge in [0, 0.05) is 54.4 Å². The first-order valence-electron chi connectivity index (χ1n) is 12.4. The number of halogens is 2. The molecule has 0 radical (unpaired) electrons. The topological polar surface area (TPSA) is 107 Å². The van der Waals surface area contributed by atoms with Crippen LogP contribution in [0.3, 0.4) is 0 Å². The Morgan fingerprint density at radius 2 is 1.82 bits per heavy atom. The lowest BCUT2D eigenvalue weighted by Gasteiger charge is -2.16. The van der Waals surface area contributed by atoms with Crippen molar-refractivity contribution in [1.82, 2.24) is 29.8 Å². The van der Waals surface area contributed by atoms with Gasteiger partial charge in [-0.1, -0.05) is 26.8 Å². The molecule has 204 valence electrons. The highest BCUT2D eigenvalue weighted by atomic mass is 127. The number of hydrogen-bond donors (Lipinski definition) is 3. The number of aromatic amines is 2. The van der Waals surface area contributed by atoms with E-state index < -0.39 is 15.8 Å². The molecule has 4 heterocycles. The molecular formula is C29H26FIN6O2S. The van der Waals surface area contributed by atoms with Crippen LogP contribution in [0.1, 0.15) is 11.1 Å². The van der Waals surface area contributed by atoms with Gasteiger partial charge >= 0.3 is 0 Å². The highest BCUT2D eigenvalue weighted by Crippen LogP contribution is 2.35. The Morgan fingerprint density at radius 1 is 1.00 bits per heavy atom. The largest absolute Gasteiger partial charge is 0.377 e. The standard InChI is InChI=1S/C29H26FIN6O2S/c1-37(2)22-11-20(14-31-15-22)18-4-5-26-23(12-18)29(36-35-26)27-13-24-25(34-27)6-7-32-28(24)19-8-17(9-21(30)10-19)16-33-40(3,38)39/h4-15,33-34H,16H2,1-3H3,(H,35,36). The summed E-state index contributed by atoms with van der Waals surface area (Å²) in [7, 11) is 0.700. The number of fused-ring (bicyclic) bond motifs is 2. The summed E-state index contributed by atoms with van der Waals surface area (Å²) in [5.41, 5.74) is 8.58. The van der Waals surface area contributed by atoms with Gasteiger partial charge in [0.15, 0.2) is 0 Å². The van der Waals surface area contributed by atoms with E-state index in [-0.39, 0.29) is 27.3 Å². The molecule has 1 aliphatic heterocycles. The Hall–Kier alpha value is -3.68. The van der Waals surface area contributed by atoms with Crippen LogP contribution in [-0.4, -0.2) is 57.8 Å². The molecule has 3 aromatic heterocycles. The molecule has 0 aliphatic carbocycles. The first kappa shape index (κ1) is 26.5. The van der Waals surface area contributed by atoms with Crippen LogP contribution >= 0.6 is 20.7 Å². The average molecular weight is 669 g/mol. The molecule has 0 atom stereocenters. The Bertz CT molecular complexity index is 1990. The lowest BCUT2D eigenvalue weighted by Crippen LogP contribution is -2.21. The molecule has 3 N–H and O–H groups in total. The molecule has 0 amide bonds. The first-order chi connectivity index (χ1) is 19.1. The summed E-state index contributed by atoms with van der Waals surface area (Å²) in [5, 5.41) is 9.57. The number of rotatable bonds is 7. The zero-order valence-corrected chi connectivity index (χ0v) is 24.9. The fourth-order valence-corrected chi connectivity index (χ4v) is 7.31. The Labute approximate surface area is 240 Å². The summed E-state index contributed by atoms with van der Waals surface area (Å²) >= 11 is -0.158. The first-order valence-corrected chi connectivity index (χ1v) is 16.8. The number of nitrogens with one attached hydrogen (secondary N) is 3. The summed E-state index contributed by atoms with van der Waals surface area (Å²) in [5.74, 6) is -0.466. The van der Waals surface area contributed by atoms with Crippen LogP contribution in [0.15, 0.2) is 70.6 Å². The predicted molar refractivity (Wildman–Crippen MR) is 168 cm³/mol. The lowest BCUT2D eigenvalue weighted by molar-refractivity contribution is 0.544. The number of aromatic nitrogens is 4. The summed E-state index contributed by atoms with van der Waals surface area (Å²) in [4.78, 5) is 10.1. The van der Waals surface area contributed by atoms with E-state index >= 15 is 0 Å². The molecule has 0 spiro atoms. The van der Waals surface area contributed by atoms with Crippen LogP contribution in [0.4, 0.5) is 4.39 Å². The van der Waals surface area contributed by atoms with Gasteiger partial charge in [0.25, 0.3) is 0 Å². The van der Waals surface area contributed by atoms with E-state index in [1.54, 1.807) is 12.3 Å². The zero-order valence-electron chi connectivity index (χ0n) is 22.0. The van der Waals surface area contributed by atoms with Gasteiger partial charge < -0.3 is 9.88 Å². The van der Waals surface area contributed by atoms with Crippen molar-refractivity contribution in [3.63, 3.8) is 0 Å². The van der Waals surface area contributed by atoms with E-state index in [4.69, 9.17) is 0 Å². The van der Waals surface area contributed by atoms with Gasteiger partial charge in [-0.05, 0) is 73.3 Å². The molecule has 11 heteroatoms. The summed E-state index contributed by atoms with van der Waals surface area (Å²) in [6.07, 6.45) is 4.95. The molecule has 6 rings (SSSR count). The number of hydrogen-bond acceptors (Lipinski definition) is 5. The maximum atomic E-state index is 14.6. The van der Waals surface area contributed by atoms with Gasteiger partial charge in [-0.25, -0.2) is 17.5 Å². The van der Waals surface area contributed by atoms with Crippen LogP contribution < -0.4 is 4.72 Å². The lowest BCUT2D eigenvalue weighted by atomic mass is 10.0. The second-order valence-electron chi connectivity index (χ2n) is 9.84. The van der Waals surface area contributed by atoms with Crippen LogP contribution in [-0.2, 0) is 16.6 Å². The molecule has 1 aliphatic rings. The second kappa shape index (κ2) is 10.4. The fraction of sp³-hybridized carbons (Fsp3) is 0.138. The van der Waals surface area contributed by atoms with E-state index in [1.807, 2.05) is 12.1 Å². The maximum absolute atomic E-state index is 14.6. The molecule has 0 bridgehead atoms. The Balaban J connectivity index is 1.41. The van der Waals surface area contributed by atoms with Crippen molar-refractivity contribution in [3.05, 3.63) is 87.5 Å². The molecule has 5 aromatic rings. The van der Waals surface area contributed by atoms with Crippen molar-refractivity contribution >= 4 is 62.1 Å². The summed E-state index contributed by atoms with van der Waals surface area (Å²) < 4.78 is 44.7. The molecular weight excluding hydrogens is 642 g/mol. The third kappa shape index (κ3) is 5.36. The molecule has 2 aromatic carbocycles. The minimum Gasteiger partial charge on any atom is -0.377 e. The van der Waals surface area contributed by atoms with Crippen molar-refractivity contribution < 1.29 is 12.8 Å². The Kier molecular flexibility index (Phi) is 6.88. The van der Waals surface area contributed by atoms with Crippen molar-refractivity contribution in [2.75, 3.05) is 20.4 Å². The van der Waals surface area contributed by atoms with E-state index in [0.29, 0.717) is 16.8 Å². The molecule has 8 nitrogen and oxygen atoms in total. The maximum Gasteiger partial charge on any atom is 0.209 e. The van der Waals surface area contributed by atoms with Crippen molar-refractivity contribution in [2.45, 2.75) is 6.54 Å². The van der Waals surface area contributed by atoms with Gasteiger partial charge in [-0.15, -0.1) is 0 Å². The average Bonchev–Trinajstić information content (AvgIpc) is 3.55. The number of allylic oxidation sites excluding steroid dienone is 3. The summed E-state index contributed by atoms with van der Waals surface area (Å²) in [6.45, 7) is -0.0127. The quantitative estimate of drug-likeness (QED) is 0.198. The molecule has 0 fully saturated rings. The number of pyridine rings is 1. The predicted octanol–water partition coefficient (Wildman–Crippen LogP) is 5.53. The number of nitrogens with zero attached hydrogens (tertiary/aromatic N) is 3. The van der Waals surface area contributed by atoms with Gasteiger partial charge in [0.1, 0.15) is 11.5 Å². The van der Waals surface area contributed by atoms with E-state index in [9.17, 15) is 12.8 Å². The van der Waals surface area contributed by atoms with Gasteiger partial charge in [-0.3, -0.25) is 10.1 Å².